The number of benzene rings is 2. The van der Waals surface area contributed by atoms with Gasteiger partial charge in [0, 0.05) is 34.6 Å². The van der Waals surface area contributed by atoms with Gasteiger partial charge in [0.15, 0.2) is 0 Å². The summed E-state index contributed by atoms with van der Waals surface area (Å²) in [5.41, 5.74) is 1.77. The second-order valence-corrected chi connectivity index (χ2v) is 8.13. The van der Waals surface area contributed by atoms with Crippen molar-refractivity contribution < 1.29 is 9.59 Å². The topological polar surface area (TPSA) is 67.2 Å². The average Bonchev–Trinajstić information content (AvgIpc) is 3.33. The fourth-order valence-corrected chi connectivity index (χ4v) is 4.02. The Morgan fingerprint density at radius 3 is 2.63 bits per heavy atom. The molecule has 2 heterocycles. The van der Waals surface area contributed by atoms with Crippen molar-refractivity contribution in [3.8, 4) is 0 Å². The van der Waals surface area contributed by atoms with E-state index in [1.165, 1.54) is 0 Å². The number of carbonyl (C=O) groups excluding carboxylic acids is 2. The molecule has 0 atom stereocenters. The molecule has 0 aliphatic carbocycles. The van der Waals surface area contributed by atoms with Crippen molar-refractivity contribution in [2.24, 2.45) is 0 Å². The third-order valence-corrected chi connectivity index (χ3v) is 5.77. The number of halogens is 3. The lowest BCUT2D eigenvalue weighted by atomic mass is 10.1. The Kier molecular flexibility index (Phi) is 5.99. The minimum atomic E-state index is -0.330. The van der Waals surface area contributed by atoms with Crippen LogP contribution in [0.2, 0.25) is 15.1 Å². The Morgan fingerprint density at radius 2 is 1.90 bits per heavy atom. The molecule has 2 aromatic carbocycles. The van der Waals surface area contributed by atoms with E-state index in [2.05, 4.69) is 10.4 Å². The molecule has 4 rings (SSSR count). The van der Waals surface area contributed by atoms with Crippen LogP contribution in [0.25, 0.3) is 0 Å². The summed E-state index contributed by atoms with van der Waals surface area (Å²) in [5.74, 6) is 0.190. The van der Waals surface area contributed by atoms with Crippen molar-refractivity contribution in [1.82, 2.24) is 9.78 Å². The summed E-state index contributed by atoms with van der Waals surface area (Å²) in [4.78, 5) is 26.5. The molecule has 2 amide bonds. The van der Waals surface area contributed by atoms with Crippen molar-refractivity contribution >= 4 is 58.1 Å². The van der Waals surface area contributed by atoms with Gasteiger partial charge in [0.05, 0.1) is 23.5 Å². The Morgan fingerprint density at radius 1 is 1.07 bits per heavy atom. The van der Waals surface area contributed by atoms with Crippen molar-refractivity contribution in [1.29, 1.82) is 0 Å². The van der Waals surface area contributed by atoms with Crippen molar-refractivity contribution in [3.63, 3.8) is 0 Å². The quantitative estimate of drug-likeness (QED) is 0.560. The van der Waals surface area contributed by atoms with Gasteiger partial charge in [-0.15, -0.1) is 0 Å². The van der Waals surface area contributed by atoms with Gasteiger partial charge in [0.2, 0.25) is 5.91 Å². The lowest BCUT2D eigenvalue weighted by Gasteiger charge is -2.18. The van der Waals surface area contributed by atoms with Crippen molar-refractivity contribution in [2.45, 2.75) is 19.4 Å². The maximum absolute atomic E-state index is 12.8. The van der Waals surface area contributed by atoms with Crippen LogP contribution in [0, 0.1) is 0 Å². The van der Waals surface area contributed by atoms with Crippen LogP contribution in [-0.2, 0) is 11.3 Å². The molecule has 0 bridgehead atoms. The highest BCUT2D eigenvalue weighted by Gasteiger charge is 2.24. The number of anilines is 2. The van der Waals surface area contributed by atoms with E-state index in [1.807, 2.05) is 6.07 Å². The number of aromatic nitrogens is 2. The summed E-state index contributed by atoms with van der Waals surface area (Å²) in [6.45, 7) is 0.963. The third-order valence-electron chi connectivity index (χ3n) is 4.87. The summed E-state index contributed by atoms with van der Waals surface area (Å²) >= 11 is 18.5. The molecule has 0 saturated carbocycles. The number of nitrogens with zero attached hydrogens (tertiary/aromatic N) is 3. The molecule has 1 N–H and O–H groups in total. The van der Waals surface area contributed by atoms with Gasteiger partial charge in [0.1, 0.15) is 5.82 Å². The number of carbonyl (C=O) groups is 2. The highest BCUT2D eigenvalue weighted by Crippen LogP contribution is 2.31. The van der Waals surface area contributed by atoms with Gasteiger partial charge in [-0.25, -0.2) is 4.68 Å². The molecule has 1 fully saturated rings. The van der Waals surface area contributed by atoms with Gasteiger partial charge in [-0.1, -0.05) is 40.9 Å². The van der Waals surface area contributed by atoms with Gasteiger partial charge >= 0.3 is 0 Å². The number of hydrogen-bond donors (Lipinski definition) is 1. The Bertz CT molecular complexity index is 1130. The summed E-state index contributed by atoms with van der Waals surface area (Å²) in [6, 6.07) is 11.8. The Labute approximate surface area is 188 Å². The van der Waals surface area contributed by atoms with Crippen LogP contribution in [0.1, 0.15) is 28.8 Å². The van der Waals surface area contributed by atoms with Crippen LogP contribution >= 0.6 is 34.8 Å². The predicted octanol–water partition coefficient (Wildman–Crippen LogP) is 5.27. The molecule has 154 valence electrons. The molecule has 0 unspecified atom stereocenters. The predicted molar refractivity (Wildman–Crippen MR) is 119 cm³/mol. The van der Waals surface area contributed by atoms with Crippen LogP contribution < -0.4 is 10.2 Å². The van der Waals surface area contributed by atoms with Crippen LogP contribution in [0.4, 0.5) is 11.5 Å². The van der Waals surface area contributed by atoms with E-state index in [-0.39, 0.29) is 11.8 Å². The zero-order valence-electron chi connectivity index (χ0n) is 15.7. The third kappa shape index (κ3) is 4.31. The summed E-state index contributed by atoms with van der Waals surface area (Å²) in [6.07, 6.45) is 2.85. The second kappa shape index (κ2) is 8.68. The van der Waals surface area contributed by atoms with Crippen LogP contribution in [0.15, 0.2) is 48.7 Å². The van der Waals surface area contributed by atoms with Crippen molar-refractivity contribution in [2.75, 3.05) is 16.8 Å². The monoisotopic (exact) mass is 462 g/mol. The summed E-state index contributed by atoms with van der Waals surface area (Å²) < 4.78 is 1.63. The van der Waals surface area contributed by atoms with Gasteiger partial charge < -0.3 is 10.2 Å². The highest BCUT2D eigenvalue weighted by molar-refractivity contribution is 6.35. The lowest BCUT2D eigenvalue weighted by molar-refractivity contribution is -0.117. The van der Waals surface area contributed by atoms with E-state index in [9.17, 15) is 9.59 Å². The minimum Gasteiger partial charge on any atom is -0.311 e. The molecular formula is C21H17Cl3N4O2. The normalized spacial score (nSPS) is 13.7. The first-order valence-corrected chi connectivity index (χ1v) is 10.4. The molecule has 1 aliphatic rings. The number of amides is 2. The first-order chi connectivity index (χ1) is 14.4. The smallest absolute Gasteiger partial charge is 0.256 e. The fourth-order valence-electron chi connectivity index (χ4n) is 3.33. The lowest BCUT2D eigenvalue weighted by Crippen LogP contribution is -2.24. The Hall–Kier alpha value is -2.54. The molecule has 0 spiro atoms. The molecule has 0 radical (unpaired) electrons. The molecule has 6 nitrogen and oxygen atoms in total. The van der Waals surface area contributed by atoms with E-state index in [0.717, 1.165) is 12.0 Å². The highest BCUT2D eigenvalue weighted by atomic mass is 35.5. The second-order valence-electron chi connectivity index (χ2n) is 6.88. The van der Waals surface area contributed by atoms with E-state index >= 15 is 0 Å². The van der Waals surface area contributed by atoms with E-state index in [1.54, 1.807) is 52.2 Å². The van der Waals surface area contributed by atoms with Crippen LogP contribution in [0.3, 0.4) is 0 Å². The van der Waals surface area contributed by atoms with E-state index in [4.69, 9.17) is 34.8 Å². The van der Waals surface area contributed by atoms with Crippen molar-refractivity contribution in [3.05, 3.63) is 74.9 Å². The number of hydrogen-bond acceptors (Lipinski definition) is 3. The van der Waals surface area contributed by atoms with Crippen LogP contribution in [-0.4, -0.2) is 28.1 Å². The maximum Gasteiger partial charge on any atom is 0.256 e. The average molecular weight is 464 g/mol. The SMILES string of the molecule is O=C(Nc1ccnn1Cc1ccc(Cl)cc1Cl)c1ccc(Cl)c(N2CCCC2=O)c1. The number of nitrogens with one attached hydrogen (secondary N) is 1. The first-order valence-electron chi connectivity index (χ1n) is 9.29. The first kappa shape index (κ1) is 20.7. The largest absolute Gasteiger partial charge is 0.311 e. The zero-order valence-corrected chi connectivity index (χ0v) is 18.0. The summed E-state index contributed by atoms with van der Waals surface area (Å²) in [7, 11) is 0. The molecule has 1 saturated heterocycles. The molecule has 1 aromatic heterocycles. The minimum absolute atomic E-state index is 0.00683. The zero-order chi connectivity index (χ0) is 21.3. The van der Waals surface area contributed by atoms with E-state index in [0.29, 0.717) is 51.6 Å². The Balaban J connectivity index is 1.54. The van der Waals surface area contributed by atoms with Crippen LogP contribution in [0.5, 0.6) is 0 Å². The number of rotatable bonds is 5. The molecule has 9 heteroatoms. The molecular weight excluding hydrogens is 447 g/mol. The maximum atomic E-state index is 12.8. The molecule has 30 heavy (non-hydrogen) atoms. The van der Waals surface area contributed by atoms with Gasteiger partial charge in [-0.05, 0) is 42.3 Å². The van der Waals surface area contributed by atoms with Gasteiger partial charge in [0.25, 0.3) is 5.91 Å². The fraction of sp³-hybridized carbons (Fsp3) is 0.190. The molecule has 3 aromatic rings. The summed E-state index contributed by atoms with van der Waals surface area (Å²) in [5, 5.41) is 8.62. The van der Waals surface area contributed by atoms with E-state index < -0.39 is 0 Å². The molecule has 1 aliphatic heterocycles. The van der Waals surface area contributed by atoms with Gasteiger partial charge in [-0.3, -0.25) is 9.59 Å². The van der Waals surface area contributed by atoms with Gasteiger partial charge in [-0.2, -0.15) is 5.10 Å². The standard InChI is InChI=1S/C21H17Cl3N4O2/c22-15-5-3-14(17(24)11-15)12-28-19(7-8-25-28)26-21(30)13-4-6-16(23)18(10-13)27-9-1-2-20(27)29/h3-8,10-11H,1-2,9,12H2,(H,26,30).